The van der Waals surface area contributed by atoms with Crippen molar-refractivity contribution in [2.75, 3.05) is 56.6 Å². The van der Waals surface area contributed by atoms with Crippen LogP contribution in [-0.2, 0) is 6.61 Å². The Morgan fingerprint density at radius 3 is 2.59 bits per heavy atom. The normalized spacial score (nSPS) is 13.6. The van der Waals surface area contributed by atoms with E-state index in [0.717, 1.165) is 73.0 Å². The summed E-state index contributed by atoms with van der Waals surface area (Å²) in [5.74, 6) is 3.48. The summed E-state index contributed by atoms with van der Waals surface area (Å²) in [5, 5.41) is 0. The van der Waals surface area contributed by atoms with Crippen molar-refractivity contribution in [1.82, 2.24) is 14.9 Å². The molecule has 39 heavy (non-hydrogen) atoms. The zero-order valence-electron chi connectivity index (χ0n) is 22.7. The van der Waals surface area contributed by atoms with Crippen molar-refractivity contribution >= 4 is 29.3 Å². The molecule has 0 spiro atoms. The second-order valence-corrected chi connectivity index (χ2v) is 10.8. The third kappa shape index (κ3) is 8.12. The van der Waals surface area contributed by atoms with E-state index in [9.17, 15) is 4.79 Å². The lowest BCUT2D eigenvalue weighted by molar-refractivity contribution is 0.1000. The van der Waals surface area contributed by atoms with Crippen LogP contribution in [0.2, 0.25) is 0 Å². The second-order valence-electron chi connectivity index (χ2n) is 9.67. The minimum absolute atomic E-state index is 0.387. The zero-order chi connectivity index (χ0) is 27.6. The van der Waals surface area contributed by atoms with Gasteiger partial charge in [0.2, 0.25) is 17.7 Å². The molecule has 2 heterocycles. The molecule has 0 aliphatic carbocycles. The topological polar surface area (TPSA) is 87.8 Å². The van der Waals surface area contributed by atoms with Crippen molar-refractivity contribution in [1.29, 1.82) is 0 Å². The highest BCUT2D eigenvalue weighted by Gasteiger charge is 2.21. The molecule has 1 aliphatic rings. The molecule has 8 nitrogen and oxygen atoms in total. The van der Waals surface area contributed by atoms with Crippen LogP contribution in [0.5, 0.6) is 5.88 Å². The first-order chi connectivity index (χ1) is 18.9. The van der Waals surface area contributed by atoms with Crippen LogP contribution in [0.1, 0.15) is 35.2 Å². The fourth-order valence-electron chi connectivity index (χ4n) is 4.30. The Kier molecular flexibility index (Phi) is 10.1. The van der Waals surface area contributed by atoms with Gasteiger partial charge in [0.15, 0.2) is 0 Å². The molecule has 0 bridgehead atoms. The van der Waals surface area contributed by atoms with Gasteiger partial charge in [-0.25, -0.2) is 4.98 Å². The van der Waals surface area contributed by atoms with Gasteiger partial charge in [-0.3, -0.25) is 9.69 Å². The number of nitrogens with zero attached hydrogens (tertiary/aromatic N) is 5. The average Bonchev–Trinajstić information content (AvgIpc) is 2.95. The third-order valence-corrected chi connectivity index (χ3v) is 7.59. The van der Waals surface area contributed by atoms with Gasteiger partial charge in [-0.2, -0.15) is 4.98 Å². The number of piperazine rings is 1. The Morgan fingerprint density at radius 1 is 1.13 bits per heavy atom. The number of rotatable bonds is 12. The summed E-state index contributed by atoms with van der Waals surface area (Å²) in [6, 6.07) is 15.4. The molecule has 0 saturated carbocycles. The van der Waals surface area contributed by atoms with E-state index in [1.165, 1.54) is 11.8 Å². The van der Waals surface area contributed by atoms with Crippen molar-refractivity contribution in [2.24, 2.45) is 5.73 Å². The van der Waals surface area contributed by atoms with E-state index >= 15 is 0 Å². The highest BCUT2D eigenvalue weighted by molar-refractivity contribution is 7.99. The van der Waals surface area contributed by atoms with Gasteiger partial charge in [-0.1, -0.05) is 23.9 Å². The number of carbonyl (C=O) groups is 1. The highest BCUT2D eigenvalue weighted by atomic mass is 32.2. The number of amides is 1. The van der Waals surface area contributed by atoms with E-state index in [0.29, 0.717) is 24.0 Å². The van der Waals surface area contributed by atoms with Crippen molar-refractivity contribution in [2.45, 2.75) is 35.7 Å². The first-order valence-corrected chi connectivity index (χ1v) is 14.0. The summed E-state index contributed by atoms with van der Waals surface area (Å²) < 4.78 is 6.30. The lowest BCUT2D eigenvalue weighted by Gasteiger charge is -2.34. The molecule has 1 saturated heterocycles. The second kappa shape index (κ2) is 13.9. The molecule has 3 aromatic rings. The molecule has 1 aromatic heterocycles. The van der Waals surface area contributed by atoms with Gasteiger partial charge >= 0.3 is 0 Å². The summed E-state index contributed by atoms with van der Waals surface area (Å²) in [5.41, 5.74) is 8.03. The molecule has 2 aromatic carbocycles. The standard InChI is InChI=1S/C30H36N6O2S/c1-4-5-6-7-15-35-16-18-36(19-17-35)30-32-21-27(39-26-13-11-24(12-14-26)28(31)37)29(33-30)38-22-23-9-8-10-25(20-23)34(2)3/h1,8-14,20-21H,5-7,15-19,22H2,2-3H3,(H2,31,37). The maximum Gasteiger partial charge on any atom is 0.248 e. The van der Waals surface area contributed by atoms with E-state index in [1.807, 2.05) is 44.6 Å². The van der Waals surface area contributed by atoms with Crippen LogP contribution < -0.4 is 20.3 Å². The largest absolute Gasteiger partial charge is 0.472 e. The molecule has 9 heteroatoms. The molecular weight excluding hydrogens is 508 g/mol. The average molecular weight is 545 g/mol. The molecule has 0 unspecified atom stereocenters. The van der Waals surface area contributed by atoms with Crippen molar-refractivity contribution in [3.05, 3.63) is 65.9 Å². The fourth-order valence-corrected chi connectivity index (χ4v) is 5.12. The van der Waals surface area contributed by atoms with Gasteiger partial charge in [0.1, 0.15) is 6.61 Å². The lowest BCUT2D eigenvalue weighted by Crippen LogP contribution is -2.47. The van der Waals surface area contributed by atoms with E-state index in [2.05, 4.69) is 32.8 Å². The zero-order valence-corrected chi connectivity index (χ0v) is 23.5. The summed E-state index contributed by atoms with van der Waals surface area (Å²) in [7, 11) is 4.04. The van der Waals surface area contributed by atoms with Crippen LogP contribution in [0.3, 0.4) is 0 Å². The molecule has 0 atom stereocenters. The monoisotopic (exact) mass is 544 g/mol. The molecule has 1 amide bonds. The van der Waals surface area contributed by atoms with Crippen LogP contribution in [-0.4, -0.2) is 67.6 Å². The molecule has 2 N–H and O–H groups in total. The molecule has 1 fully saturated rings. The maximum atomic E-state index is 11.5. The van der Waals surface area contributed by atoms with Crippen molar-refractivity contribution in [3.8, 4) is 18.2 Å². The maximum absolute atomic E-state index is 11.5. The first-order valence-electron chi connectivity index (χ1n) is 13.2. The van der Waals surface area contributed by atoms with Crippen LogP contribution in [0.25, 0.3) is 0 Å². The van der Waals surface area contributed by atoms with Crippen LogP contribution >= 0.6 is 11.8 Å². The number of nitrogens with two attached hydrogens (primary N) is 1. The quantitative estimate of drug-likeness (QED) is 0.267. The Labute approximate surface area is 235 Å². The molecule has 0 radical (unpaired) electrons. The number of hydrogen-bond acceptors (Lipinski definition) is 8. The molecule has 4 rings (SSSR count). The predicted octanol–water partition coefficient (Wildman–Crippen LogP) is 4.30. The van der Waals surface area contributed by atoms with Crippen molar-refractivity contribution in [3.63, 3.8) is 0 Å². The van der Waals surface area contributed by atoms with Gasteiger partial charge in [0.25, 0.3) is 0 Å². The highest BCUT2D eigenvalue weighted by Crippen LogP contribution is 2.35. The molecule has 204 valence electrons. The molecule has 1 aliphatic heterocycles. The number of anilines is 2. The number of hydrogen-bond donors (Lipinski definition) is 1. The summed E-state index contributed by atoms with van der Waals surface area (Å²) in [4.78, 5) is 29.5. The Hall–Kier alpha value is -3.74. The Morgan fingerprint density at radius 2 is 1.90 bits per heavy atom. The van der Waals surface area contributed by atoms with Crippen LogP contribution in [0.4, 0.5) is 11.6 Å². The SMILES string of the molecule is C#CCCCCN1CCN(c2ncc(Sc3ccc(C(N)=O)cc3)c(OCc3cccc(N(C)C)c3)n2)CC1. The van der Waals surface area contributed by atoms with Gasteiger partial charge in [0, 0.05) is 62.8 Å². The smallest absolute Gasteiger partial charge is 0.248 e. The number of carbonyl (C=O) groups excluding carboxylic acids is 1. The Bertz CT molecular complexity index is 1280. The van der Waals surface area contributed by atoms with Crippen LogP contribution in [0.15, 0.2) is 64.5 Å². The van der Waals surface area contributed by atoms with Crippen molar-refractivity contribution < 1.29 is 9.53 Å². The van der Waals surface area contributed by atoms with E-state index in [4.69, 9.17) is 26.9 Å². The lowest BCUT2D eigenvalue weighted by atomic mass is 10.2. The van der Waals surface area contributed by atoms with E-state index < -0.39 is 5.91 Å². The summed E-state index contributed by atoms with van der Waals surface area (Å²) >= 11 is 1.50. The fraction of sp³-hybridized carbons (Fsp3) is 0.367. The van der Waals surface area contributed by atoms with Gasteiger partial charge in [0.05, 0.1) is 11.1 Å². The number of primary amides is 1. The number of terminal acetylenes is 1. The molecular formula is C30H36N6O2S. The first kappa shape index (κ1) is 28.3. The van der Waals surface area contributed by atoms with E-state index in [1.54, 1.807) is 12.1 Å². The minimum Gasteiger partial charge on any atom is -0.472 e. The number of aromatic nitrogens is 2. The minimum atomic E-state index is -0.448. The number of ether oxygens (including phenoxy) is 1. The van der Waals surface area contributed by atoms with Gasteiger partial charge in [-0.15, -0.1) is 12.3 Å². The van der Waals surface area contributed by atoms with Gasteiger partial charge in [-0.05, 0) is 61.3 Å². The van der Waals surface area contributed by atoms with Crippen LogP contribution in [0, 0.1) is 12.3 Å². The van der Waals surface area contributed by atoms with Gasteiger partial charge < -0.3 is 20.3 Å². The third-order valence-electron chi connectivity index (χ3n) is 6.58. The summed E-state index contributed by atoms with van der Waals surface area (Å²) in [6.45, 7) is 5.12. The number of unbranched alkanes of at least 4 members (excludes halogenated alkanes) is 2. The Balaban J connectivity index is 1.49. The predicted molar refractivity (Wildman–Crippen MR) is 158 cm³/mol. The summed E-state index contributed by atoms with van der Waals surface area (Å²) in [6.07, 6.45) is 10.2. The van der Waals surface area contributed by atoms with E-state index in [-0.39, 0.29) is 0 Å². The number of benzene rings is 2.